The number of hydrogen-bond donors (Lipinski definition) is 1. The molecular weight excluding hydrogens is 293 g/mol. The maximum Gasteiger partial charge on any atom is 0.270 e. The molecule has 1 aromatic carbocycles. The van der Waals surface area contributed by atoms with Crippen LogP contribution in [0.4, 0.5) is 4.39 Å². The Labute approximate surface area is 134 Å². The van der Waals surface area contributed by atoms with E-state index in [-0.39, 0.29) is 17.8 Å². The molecule has 1 amide bonds. The fourth-order valence-electron chi connectivity index (χ4n) is 2.52. The van der Waals surface area contributed by atoms with Crippen LogP contribution >= 0.6 is 0 Å². The number of nitrogens with one attached hydrogen (secondary N) is 1. The van der Waals surface area contributed by atoms with Crippen molar-refractivity contribution in [1.82, 2.24) is 14.9 Å². The molecule has 1 N–H and O–H groups in total. The van der Waals surface area contributed by atoms with Crippen molar-refractivity contribution in [2.24, 2.45) is 0 Å². The molecule has 4 nitrogen and oxygen atoms in total. The number of pyridine rings is 1. The first-order chi connectivity index (χ1) is 11.0. The number of aromatic nitrogens is 2. The summed E-state index contributed by atoms with van der Waals surface area (Å²) < 4.78 is 13.3. The Morgan fingerprint density at radius 3 is 2.78 bits per heavy atom. The summed E-state index contributed by atoms with van der Waals surface area (Å²) in [5.74, 6) is -0.449. The van der Waals surface area contributed by atoms with E-state index in [0.717, 1.165) is 11.1 Å². The lowest BCUT2D eigenvalue weighted by Crippen LogP contribution is -2.36. The van der Waals surface area contributed by atoms with Gasteiger partial charge in [-0.25, -0.2) is 4.39 Å². The second kappa shape index (κ2) is 6.20. The van der Waals surface area contributed by atoms with Crippen LogP contribution in [-0.2, 0) is 6.54 Å². The number of amides is 1. The average molecular weight is 311 g/mol. The number of H-pyrrole nitrogens is 1. The molecule has 0 bridgehead atoms. The number of rotatable bonds is 4. The highest BCUT2D eigenvalue weighted by Gasteiger charge is 2.21. The summed E-state index contributed by atoms with van der Waals surface area (Å²) >= 11 is 0. The molecular formula is C18H18FN3O. The van der Waals surface area contributed by atoms with Crippen LogP contribution < -0.4 is 0 Å². The van der Waals surface area contributed by atoms with E-state index < -0.39 is 0 Å². The van der Waals surface area contributed by atoms with Crippen LogP contribution in [0.3, 0.4) is 0 Å². The molecule has 0 saturated carbocycles. The minimum atomic E-state index is -0.326. The third-order valence-electron chi connectivity index (χ3n) is 3.76. The van der Waals surface area contributed by atoms with E-state index in [4.69, 9.17) is 0 Å². The van der Waals surface area contributed by atoms with E-state index in [9.17, 15) is 9.18 Å². The quantitative estimate of drug-likeness (QED) is 0.797. The molecule has 0 aliphatic rings. The molecule has 2 heterocycles. The molecule has 0 aliphatic heterocycles. The normalized spacial score (nSPS) is 11.1. The van der Waals surface area contributed by atoms with Gasteiger partial charge in [-0.1, -0.05) is 6.07 Å². The first-order valence-corrected chi connectivity index (χ1v) is 7.54. The second-order valence-corrected chi connectivity index (χ2v) is 5.76. The number of carbonyl (C=O) groups is 1. The Morgan fingerprint density at radius 2 is 2.09 bits per heavy atom. The molecule has 2 aromatic heterocycles. The predicted octanol–water partition coefficient (Wildman–Crippen LogP) is 3.75. The summed E-state index contributed by atoms with van der Waals surface area (Å²) in [4.78, 5) is 21.8. The van der Waals surface area contributed by atoms with E-state index in [2.05, 4.69) is 9.97 Å². The largest absolute Gasteiger partial charge is 0.350 e. The number of halogens is 1. The number of aromatic amines is 1. The summed E-state index contributed by atoms with van der Waals surface area (Å²) in [7, 11) is 0. The van der Waals surface area contributed by atoms with Gasteiger partial charge in [0.05, 0.1) is 12.2 Å². The van der Waals surface area contributed by atoms with E-state index >= 15 is 0 Å². The molecule has 0 fully saturated rings. The van der Waals surface area contributed by atoms with Crippen molar-refractivity contribution in [3.63, 3.8) is 0 Å². The monoisotopic (exact) mass is 311 g/mol. The van der Waals surface area contributed by atoms with Gasteiger partial charge < -0.3 is 9.88 Å². The first-order valence-electron chi connectivity index (χ1n) is 7.54. The molecule has 23 heavy (non-hydrogen) atoms. The number of nitrogens with zero attached hydrogens (tertiary/aromatic N) is 2. The Kier molecular flexibility index (Phi) is 4.10. The lowest BCUT2D eigenvalue weighted by molar-refractivity contribution is 0.0682. The SMILES string of the molecule is CC(C)N(Cc1ccccn1)C(=O)c1cc2ccc(F)cc2[nH]1. The maximum atomic E-state index is 13.3. The summed E-state index contributed by atoms with van der Waals surface area (Å²) in [6, 6.07) is 11.9. The lowest BCUT2D eigenvalue weighted by Gasteiger charge is -2.26. The van der Waals surface area contributed by atoms with E-state index in [1.54, 1.807) is 23.2 Å². The van der Waals surface area contributed by atoms with Crippen LogP contribution in [0.15, 0.2) is 48.7 Å². The molecule has 3 rings (SSSR count). The summed E-state index contributed by atoms with van der Waals surface area (Å²) in [5, 5.41) is 0.816. The highest BCUT2D eigenvalue weighted by atomic mass is 19.1. The first kappa shape index (κ1) is 15.2. The smallest absolute Gasteiger partial charge is 0.270 e. The molecule has 0 spiro atoms. The van der Waals surface area contributed by atoms with Crippen molar-refractivity contribution in [3.8, 4) is 0 Å². The Bertz CT molecular complexity index is 827. The standard InChI is InChI=1S/C18H18FN3O/c1-12(2)22(11-15-5-3-4-8-20-15)18(23)17-9-13-6-7-14(19)10-16(13)21-17/h3-10,12,21H,11H2,1-2H3. The van der Waals surface area contributed by atoms with Crippen molar-refractivity contribution in [2.75, 3.05) is 0 Å². The van der Waals surface area contributed by atoms with Crippen LogP contribution in [0.1, 0.15) is 30.0 Å². The summed E-state index contributed by atoms with van der Waals surface area (Å²) in [5.41, 5.74) is 1.90. The highest BCUT2D eigenvalue weighted by Crippen LogP contribution is 2.19. The Morgan fingerprint density at radius 1 is 1.26 bits per heavy atom. The summed E-state index contributed by atoms with van der Waals surface area (Å²) in [6.07, 6.45) is 1.71. The van der Waals surface area contributed by atoms with Crippen LogP contribution in [0.5, 0.6) is 0 Å². The molecule has 0 radical (unpaired) electrons. The van der Waals surface area contributed by atoms with Crippen LogP contribution in [-0.4, -0.2) is 26.8 Å². The van der Waals surface area contributed by atoms with Crippen LogP contribution in [0, 0.1) is 5.82 Å². The zero-order valence-corrected chi connectivity index (χ0v) is 13.1. The molecule has 5 heteroatoms. The third-order valence-corrected chi connectivity index (χ3v) is 3.76. The minimum absolute atomic E-state index is 0.0210. The molecule has 0 aliphatic carbocycles. The number of hydrogen-bond acceptors (Lipinski definition) is 2. The maximum absolute atomic E-state index is 13.3. The van der Waals surface area contributed by atoms with Gasteiger partial charge in [0.25, 0.3) is 5.91 Å². The Balaban J connectivity index is 1.90. The molecule has 118 valence electrons. The molecule has 3 aromatic rings. The van der Waals surface area contributed by atoms with E-state index in [1.165, 1.54) is 12.1 Å². The lowest BCUT2D eigenvalue weighted by atomic mass is 10.2. The van der Waals surface area contributed by atoms with Gasteiger partial charge in [0.15, 0.2) is 0 Å². The van der Waals surface area contributed by atoms with Crippen molar-refractivity contribution in [2.45, 2.75) is 26.4 Å². The average Bonchev–Trinajstić information content (AvgIpc) is 2.95. The van der Waals surface area contributed by atoms with Crippen LogP contribution in [0.2, 0.25) is 0 Å². The van der Waals surface area contributed by atoms with Gasteiger partial charge in [-0.3, -0.25) is 9.78 Å². The summed E-state index contributed by atoms with van der Waals surface area (Å²) in [6.45, 7) is 4.35. The van der Waals surface area contributed by atoms with Crippen molar-refractivity contribution in [1.29, 1.82) is 0 Å². The molecule has 0 atom stereocenters. The molecule has 0 saturated heterocycles. The predicted molar refractivity (Wildman–Crippen MR) is 87.5 cm³/mol. The minimum Gasteiger partial charge on any atom is -0.350 e. The van der Waals surface area contributed by atoms with Gasteiger partial charge in [-0.2, -0.15) is 0 Å². The highest BCUT2D eigenvalue weighted by molar-refractivity contribution is 5.98. The van der Waals surface area contributed by atoms with Gasteiger partial charge in [-0.05, 0) is 50.2 Å². The van der Waals surface area contributed by atoms with Crippen molar-refractivity contribution < 1.29 is 9.18 Å². The zero-order valence-electron chi connectivity index (χ0n) is 13.1. The van der Waals surface area contributed by atoms with E-state index in [1.807, 2.05) is 32.0 Å². The second-order valence-electron chi connectivity index (χ2n) is 5.76. The number of carbonyl (C=O) groups excluding carboxylic acids is 1. The van der Waals surface area contributed by atoms with Gasteiger partial charge in [-0.15, -0.1) is 0 Å². The third kappa shape index (κ3) is 3.23. The zero-order chi connectivity index (χ0) is 16.4. The van der Waals surface area contributed by atoms with Gasteiger partial charge in [0.2, 0.25) is 0 Å². The molecule has 0 unspecified atom stereocenters. The van der Waals surface area contributed by atoms with Gasteiger partial charge >= 0.3 is 0 Å². The van der Waals surface area contributed by atoms with Gasteiger partial charge in [0, 0.05) is 23.1 Å². The Hall–Kier alpha value is -2.69. The topological polar surface area (TPSA) is 49.0 Å². The van der Waals surface area contributed by atoms with Crippen molar-refractivity contribution >= 4 is 16.8 Å². The fourth-order valence-corrected chi connectivity index (χ4v) is 2.52. The van der Waals surface area contributed by atoms with E-state index in [0.29, 0.717) is 17.8 Å². The number of fused-ring (bicyclic) bond motifs is 1. The fraction of sp³-hybridized carbons (Fsp3) is 0.222. The van der Waals surface area contributed by atoms with Crippen LogP contribution in [0.25, 0.3) is 10.9 Å². The number of benzene rings is 1. The van der Waals surface area contributed by atoms with Crippen molar-refractivity contribution in [3.05, 3.63) is 65.9 Å². The van der Waals surface area contributed by atoms with Gasteiger partial charge in [0.1, 0.15) is 11.5 Å².